The van der Waals surface area contributed by atoms with E-state index in [1.165, 1.54) is 0 Å². The maximum Gasteiger partial charge on any atom is 0.134 e. The van der Waals surface area contributed by atoms with Gasteiger partial charge in [0.15, 0.2) is 0 Å². The summed E-state index contributed by atoms with van der Waals surface area (Å²) >= 11 is 0. The Hall–Kier alpha value is -3.20. The van der Waals surface area contributed by atoms with Crippen LogP contribution in [0.5, 0.6) is 0 Å². The smallest absolute Gasteiger partial charge is 0.134 e. The first-order valence-corrected chi connectivity index (χ1v) is 7.25. The molecule has 23 heavy (non-hydrogen) atoms. The van der Waals surface area contributed by atoms with E-state index in [0.29, 0.717) is 11.4 Å². The third-order valence-corrected chi connectivity index (χ3v) is 3.69. The number of hydrogen-bond donors (Lipinski definition) is 2. The predicted octanol–water partition coefficient (Wildman–Crippen LogP) is 4.47. The van der Waals surface area contributed by atoms with Gasteiger partial charge in [-0.15, -0.1) is 0 Å². The molecule has 0 aliphatic rings. The van der Waals surface area contributed by atoms with Gasteiger partial charge < -0.3 is 15.9 Å². The minimum Gasteiger partial charge on any atom is -0.456 e. The molecule has 114 valence electrons. The van der Waals surface area contributed by atoms with Crippen molar-refractivity contribution >= 4 is 11.4 Å². The normalized spacial score (nSPS) is 10.4. The fraction of sp³-hybridized carbons (Fsp3) is 0. The van der Waals surface area contributed by atoms with E-state index < -0.39 is 0 Å². The lowest BCUT2D eigenvalue weighted by atomic mass is 10.1. The lowest BCUT2D eigenvalue weighted by Crippen LogP contribution is -1.93. The van der Waals surface area contributed by atoms with Crippen LogP contribution in [0.4, 0.5) is 0 Å². The topological polar surface area (TPSA) is 65.2 Å². The second-order valence-electron chi connectivity index (χ2n) is 5.37. The van der Waals surface area contributed by atoms with Crippen molar-refractivity contribution in [3.8, 4) is 22.6 Å². The average molecular weight is 302 g/mol. The summed E-state index contributed by atoms with van der Waals surface area (Å²) in [7, 11) is 0. The average Bonchev–Trinajstić information content (AvgIpc) is 3.05. The van der Waals surface area contributed by atoms with Gasteiger partial charge in [-0.2, -0.15) is 0 Å². The summed E-state index contributed by atoms with van der Waals surface area (Å²) in [5.41, 5.74) is 16.3. The molecule has 0 amide bonds. The van der Waals surface area contributed by atoms with Gasteiger partial charge in [0.05, 0.1) is 0 Å². The van der Waals surface area contributed by atoms with E-state index in [-0.39, 0.29) is 0 Å². The second kappa shape index (κ2) is 5.89. The summed E-state index contributed by atoms with van der Waals surface area (Å²) in [6, 6.07) is 19.5. The Kier molecular flexibility index (Phi) is 3.77. The standard InChI is InChI=1S/C20H18N2O/c1-13(21)15-3-7-17(8-4-15)19-11-12-20(23-19)18-9-5-16(6-10-18)14(2)22/h3-12H,1-2,21-22H2. The largest absolute Gasteiger partial charge is 0.456 e. The molecule has 3 aromatic rings. The number of nitrogens with two attached hydrogens (primary N) is 2. The molecule has 1 heterocycles. The van der Waals surface area contributed by atoms with Gasteiger partial charge in [-0.05, 0) is 23.3 Å². The molecule has 3 heteroatoms. The number of hydrogen-bond acceptors (Lipinski definition) is 3. The van der Waals surface area contributed by atoms with Crippen molar-refractivity contribution in [2.24, 2.45) is 11.5 Å². The molecule has 0 aliphatic carbocycles. The van der Waals surface area contributed by atoms with E-state index in [1.54, 1.807) is 0 Å². The Balaban J connectivity index is 1.87. The molecule has 3 rings (SSSR count). The Morgan fingerprint density at radius 2 is 0.957 bits per heavy atom. The molecular weight excluding hydrogens is 284 g/mol. The van der Waals surface area contributed by atoms with Gasteiger partial charge in [-0.25, -0.2) is 0 Å². The van der Waals surface area contributed by atoms with Crippen LogP contribution in [0.1, 0.15) is 11.1 Å². The molecule has 2 aromatic carbocycles. The fourth-order valence-corrected chi connectivity index (χ4v) is 2.35. The summed E-state index contributed by atoms with van der Waals surface area (Å²) in [5, 5.41) is 0. The van der Waals surface area contributed by atoms with Crippen LogP contribution in [0, 0.1) is 0 Å². The van der Waals surface area contributed by atoms with Crippen molar-refractivity contribution in [2.75, 3.05) is 0 Å². The zero-order chi connectivity index (χ0) is 16.4. The summed E-state index contributed by atoms with van der Waals surface area (Å²) in [4.78, 5) is 0. The third-order valence-electron chi connectivity index (χ3n) is 3.69. The van der Waals surface area contributed by atoms with Crippen LogP contribution >= 0.6 is 0 Å². The highest BCUT2D eigenvalue weighted by atomic mass is 16.3. The molecule has 0 fully saturated rings. The maximum atomic E-state index is 5.95. The summed E-state index contributed by atoms with van der Waals surface area (Å²) in [5.74, 6) is 1.61. The lowest BCUT2D eigenvalue weighted by molar-refractivity contribution is 0.597. The molecule has 0 aliphatic heterocycles. The molecule has 0 saturated carbocycles. The summed E-state index contributed by atoms with van der Waals surface area (Å²) in [6.07, 6.45) is 0. The predicted molar refractivity (Wildman–Crippen MR) is 96.0 cm³/mol. The SMILES string of the molecule is C=C(N)c1ccc(-c2ccc(-c3ccc(C(=C)N)cc3)o2)cc1. The highest BCUT2D eigenvalue weighted by Gasteiger charge is 2.07. The van der Waals surface area contributed by atoms with Crippen molar-refractivity contribution in [2.45, 2.75) is 0 Å². The molecule has 3 nitrogen and oxygen atoms in total. The van der Waals surface area contributed by atoms with Crippen LogP contribution in [-0.4, -0.2) is 0 Å². The Labute approximate surface area is 135 Å². The van der Waals surface area contributed by atoms with Crippen molar-refractivity contribution in [1.29, 1.82) is 0 Å². The molecule has 0 atom stereocenters. The van der Waals surface area contributed by atoms with Gasteiger partial charge in [0, 0.05) is 22.5 Å². The van der Waals surface area contributed by atoms with Crippen LogP contribution in [0.2, 0.25) is 0 Å². The van der Waals surface area contributed by atoms with Gasteiger partial charge in [0.1, 0.15) is 11.5 Å². The fourth-order valence-electron chi connectivity index (χ4n) is 2.35. The summed E-state index contributed by atoms with van der Waals surface area (Å²) in [6.45, 7) is 7.46. The van der Waals surface area contributed by atoms with Gasteiger partial charge in [-0.1, -0.05) is 61.7 Å². The monoisotopic (exact) mass is 302 g/mol. The number of rotatable bonds is 4. The van der Waals surface area contributed by atoms with E-state index in [9.17, 15) is 0 Å². The molecule has 0 radical (unpaired) electrons. The number of furan rings is 1. The lowest BCUT2D eigenvalue weighted by Gasteiger charge is -2.03. The van der Waals surface area contributed by atoms with Crippen molar-refractivity contribution < 1.29 is 4.42 Å². The molecule has 0 unspecified atom stereocenters. The van der Waals surface area contributed by atoms with Crippen LogP contribution < -0.4 is 11.5 Å². The van der Waals surface area contributed by atoms with Gasteiger partial charge in [0.25, 0.3) is 0 Å². The van der Waals surface area contributed by atoms with Crippen LogP contribution in [0.15, 0.2) is 78.2 Å². The molecule has 0 saturated heterocycles. The second-order valence-corrected chi connectivity index (χ2v) is 5.37. The van der Waals surface area contributed by atoms with Gasteiger partial charge in [0.2, 0.25) is 0 Å². The zero-order valence-corrected chi connectivity index (χ0v) is 12.8. The highest BCUT2D eigenvalue weighted by molar-refractivity contribution is 5.69. The maximum absolute atomic E-state index is 5.95. The highest BCUT2D eigenvalue weighted by Crippen LogP contribution is 2.29. The Morgan fingerprint density at radius 3 is 1.26 bits per heavy atom. The van der Waals surface area contributed by atoms with Crippen LogP contribution in [0.3, 0.4) is 0 Å². The van der Waals surface area contributed by atoms with E-state index in [2.05, 4.69) is 13.2 Å². The van der Waals surface area contributed by atoms with Crippen molar-refractivity contribution in [3.63, 3.8) is 0 Å². The Bertz CT molecular complexity index is 783. The molecule has 4 N–H and O–H groups in total. The minimum absolute atomic E-state index is 0.554. The van der Waals surface area contributed by atoms with E-state index in [4.69, 9.17) is 15.9 Å². The number of benzene rings is 2. The third kappa shape index (κ3) is 3.04. The van der Waals surface area contributed by atoms with Crippen LogP contribution in [-0.2, 0) is 0 Å². The van der Waals surface area contributed by atoms with Crippen LogP contribution in [0.25, 0.3) is 34.0 Å². The Morgan fingerprint density at radius 1 is 0.609 bits per heavy atom. The summed E-state index contributed by atoms with van der Waals surface area (Å²) < 4.78 is 5.95. The zero-order valence-electron chi connectivity index (χ0n) is 12.8. The van der Waals surface area contributed by atoms with Gasteiger partial charge in [-0.3, -0.25) is 0 Å². The van der Waals surface area contributed by atoms with Crippen molar-refractivity contribution in [1.82, 2.24) is 0 Å². The van der Waals surface area contributed by atoms with E-state index in [0.717, 1.165) is 33.8 Å². The van der Waals surface area contributed by atoms with E-state index in [1.807, 2.05) is 60.7 Å². The molecule has 1 aromatic heterocycles. The molecule has 0 bridgehead atoms. The quantitative estimate of drug-likeness (QED) is 0.747. The van der Waals surface area contributed by atoms with E-state index >= 15 is 0 Å². The first-order valence-electron chi connectivity index (χ1n) is 7.25. The van der Waals surface area contributed by atoms with Gasteiger partial charge >= 0.3 is 0 Å². The molecule has 0 spiro atoms. The molecular formula is C20H18N2O. The van der Waals surface area contributed by atoms with Crippen molar-refractivity contribution in [3.05, 3.63) is 84.9 Å². The first kappa shape index (κ1) is 14.7. The minimum atomic E-state index is 0.554. The first-order chi connectivity index (χ1) is 11.0.